The summed E-state index contributed by atoms with van der Waals surface area (Å²) in [5.74, 6) is -1.96. The molecule has 0 saturated heterocycles. The summed E-state index contributed by atoms with van der Waals surface area (Å²) in [5, 5.41) is 0. The molecular formula is C35H26O5. The van der Waals surface area contributed by atoms with Crippen LogP contribution in [-0.4, -0.2) is 31.9 Å². The number of benzene rings is 5. The SMILES string of the molecule is COC(=O)c1c(C(=O)c2cc(-c3ccccc3)ccc2-c2ccccc2)ccc(-c2ccccc2)c1C(=O)OC. The van der Waals surface area contributed by atoms with Crippen molar-refractivity contribution in [2.24, 2.45) is 0 Å². The number of rotatable bonds is 7. The van der Waals surface area contributed by atoms with Crippen LogP contribution in [0.3, 0.4) is 0 Å². The van der Waals surface area contributed by atoms with Crippen molar-refractivity contribution in [1.82, 2.24) is 0 Å². The van der Waals surface area contributed by atoms with Gasteiger partial charge in [-0.05, 0) is 45.5 Å². The Kier molecular flexibility index (Phi) is 7.65. The number of hydrogen-bond donors (Lipinski definition) is 0. The molecule has 5 nitrogen and oxygen atoms in total. The lowest BCUT2D eigenvalue weighted by Gasteiger charge is -2.18. The third kappa shape index (κ3) is 5.05. The summed E-state index contributed by atoms with van der Waals surface area (Å²) in [6.07, 6.45) is 0. The van der Waals surface area contributed by atoms with Gasteiger partial charge in [0.2, 0.25) is 0 Å². The van der Waals surface area contributed by atoms with Crippen molar-refractivity contribution in [1.29, 1.82) is 0 Å². The first-order valence-corrected chi connectivity index (χ1v) is 12.7. The molecule has 5 aromatic rings. The summed E-state index contributed by atoms with van der Waals surface area (Å²) in [4.78, 5) is 40.8. The molecule has 0 N–H and O–H groups in total. The van der Waals surface area contributed by atoms with E-state index in [0.717, 1.165) is 16.7 Å². The smallest absolute Gasteiger partial charge is 0.339 e. The van der Waals surface area contributed by atoms with Gasteiger partial charge in [-0.15, -0.1) is 0 Å². The highest BCUT2D eigenvalue weighted by atomic mass is 16.5. The molecule has 0 aliphatic heterocycles. The first-order chi connectivity index (χ1) is 19.5. The molecule has 0 aliphatic carbocycles. The number of carbonyl (C=O) groups is 3. The summed E-state index contributed by atoms with van der Waals surface area (Å²) in [7, 11) is 2.46. The largest absolute Gasteiger partial charge is 0.465 e. The average Bonchev–Trinajstić information content (AvgIpc) is 3.04. The van der Waals surface area contributed by atoms with E-state index in [-0.39, 0.29) is 16.7 Å². The van der Waals surface area contributed by atoms with Gasteiger partial charge < -0.3 is 9.47 Å². The molecule has 0 spiro atoms. The highest BCUT2D eigenvalue weighted by molar-refractivity contribution is 6.21. The Morgan fingerprint density at radius 3 is 1.48 bits per heavy atom. The van der Waals surface area contributed by atoms with Gasteiger partial charge in [0, 0.05) is 11.1 Å². The first-order valence-electron chi connectivity index (χ1n) is 12.7. The van der Waals surface area contributed by atoms with E-state index < -0.39 is 17.7 Å². The molecule has 0 fully saturated rings. The van der Waals surface area contributed by atoms with E-state index >= 15 is 0 Å². The van der Waals surface area contributed by atoms with E-state index in [2.05, 4.69) is 0 Å². The number of esters is 2. The Labute approximate surface area is 232 Å². The fraction of sp³-hybridized carbons (Fsp3) is 0.0571. The molecule has 40 heavy (non-hydrogen) atoms. The Hall–Kier alpha value is -5.29. The Balaban J connectivity index is 1.78. The minimum atomic E-state index is -0.804. The van der Waals surface area contributed by atoms with Gasteiger partial charge in [-0.2, -0.15) is 0 Å². The molecule has 0 aliphatic rings. The van der Waals surface area contributed by atoms with Crippen LogP contribution in [0.5, 0.6) is 0 Å². The molecular weight excluding hydrogens is 500 g/mol. The van der Waals surface area contributed by atoms with Crippen LogP contribution in [0.15, 0.2) is 121 Å². The molecule has 0 saturated carbocycles. The Morgan fingerprint density at radius 1 is 0.450 bits per heavy atom. The zero-order valence-corrected chi connectivity index (χ0v) is 22.1. The maximum atomic E-state index is 14.4. The van der Waals surface area contributed by atoms with Gasteiger partial charge >= 0.3 is 11.9 Å². The van der Waals surface area contributed by atoms with Crippen LogP contribution in [0.25, 0.3) is 33.4 Å². The zero-order valence-electron chi connectivity index (χ0n) is 22.1. The summed E-state index contributed by atoms with van der Waals surface area (Å²) < 4.78 is 10.2. The van der Waals surface area contributed by atoms with Gasteiger partial charge in [0.05, 0.1) is 25.3 Å². The van der Waals surface area contributed by atoms with Crippen molar-refractivity contribution < 1.29 is 23.9 Å². The van der Waals surface area contributed by atoms with E-state index in [1.54, 1.807) is 12.1 Å². The van der Waals surface area contributed by atoms with Gasteiger partial charge in [0.1, 0.15) is 0 Å². The molecule has 0 atom stereocenters. The molecule has 5 heteroatoms. The van der Waals surface area contributed by atoms with Crippen LogP contribution < -0.4 is 0 Å². The summed E-state index contributed by atoms with van der Waals surface area (Å²) >= 11 is 0. The fourth-order valence-corrected chi connectivity index (χ4v) is 4.84. The zero-order chi connectivity index (χ0) is 28.1. The summed E-state index contributed by atoms with van der Waals surface area (Å²) in [6, 6.07) is 37.4. The predicted molar refractivity (Wildman–Crippen MR) is 155 cm³/mol. The van der Waals surface area contributed by atoms with Crippen LogP contribution in [0.1, 0.15) is 36.6 Å². The standard InChI is InChI=1S/C35H26O5/c1-39-34(37)31-28(25-16-10-5-11-17-25)20-21-29(32(31)35(38)40-2)33(36)30-22-26(23-12-6-3-7-13-23)18-19-27(30)24-14-8-4-9-15-24/h3-22H,1-2H3. The normalized spacial score (nSPS) is 10.6. The highest BCUT2D eigenvalue weighted by Gasteiger charge is 2.30. The van der Waals surface area contributed by atoms with Gasteiger partial charge in [-0.3, -0.25) is 4.79 Å². The molecule has 0 aromatic heterocycles. The fourth-order valence-electron chi connectivity index (χ4n) is 4.84. The predicted octanol–water partition coefficient (Wildman–Crippen LogP) is 7.49. The second kappa shape index (κ2) is 11.6. The molecule has 0 amide bonds. The number of ketones is 1. The molecule has 0 heterocycles. The third-order valence-electron chi connectivity index (χ3n) is 6.77. The summed E-state index contributed by atoms with van der Waals surface area (Å²) in [6.45, 7) is 0. The number of hydrogen-bond acceptors (Lipinski definition) is 5. The number of carbonyl (C=O) groups excluding carboxylic acids is 3. The van der Waals surface area contributed by atoms with Crippen molar-refractivity contribution in [2.45, 2.75) is 0 Å². The maximum absolute atomic E-state index is 14.4. The van der Waals surface area contributed by atoms with Crippen molar-refractivity contribution in [3.05, 3.63) is 144 Å². The van der Waals surface area contributed by atoms with Gasteiger partial charge in [-0.1, -0.05) is 109 Å². The van der Waals surface area contributed by atoms with Crippen LogP contribution in [0.2, 0.25) is 0 Å². The average molecular weight is 527 g/mol. The van der Waals surface area contributed by atoms with Crippen LogP contribution in [0, 0.1) is 0 Å². The van der Waals surface area contributed by atoms with Crippen LogP contribution in [-0.2, 0) is 9.47 Å². The minimum Gasteiger partial charge on any atom is -0.465 e. The minimum absolute atomic E-state index is 0.0214. The van der Waals surface area contributed by atoms with Gasteiger partial charge in [0.15, 0.2) is 5.78 Å². The lowest BCUT2D eigenvalue weighted by Crippen LogP contribution is -2.19. The third-order valence-corrected chi connectivity index (χ3v) is 6.77. The molecule has 0 radical (unpaired) electrons. The lowest BCUT2D eigenvalue weighted by atomic mass is 9.86. The van der Waals surface area contributed by atoms with Crippen molar-refractivity contribution in [2.75, 3.05) is 14.2 Å². The van der Waals surface area contributed by atoms with E-state index in [1.165, 1.54) is 14.2 Å². The van der Waals surface area contributed by atoms with E-state index in [9.17, 15) is 14.4 Å². The van der Waals surface area contributed by atoms with E-state index in [1.807, 2.05) is 109 Å². The molecule has 196 valence electrons. The number of ether oxygens (including phenoxy) is 2. The van der Waals surface area contributed by atoms with Crippen molar-refractivity contribution in [3.8, 4) is 33.4 Å². The number of methoxy groups -OCH3 is 2. The van der Waals surface area contributed by atoms with Gasteiger partial charge in [0.25, 0.3) is 0 Å². The molecule has 0 bridgehead atoms. The van der Waals surface area contributed by atoms with Crippen LogP contribution >= 0.6 is 0 Å². The Bertz CT molecular complexity index is 1690. The Morgan fingerprint density at radius 2 is 0.925 bits per heavy atom. The summed E-state index contributed by atoms with van der Waals surface area (Å²) in [5.41, 5.74) is 4.78. The second-order valence-electron chi connectivity index (χ2n) is 9.08. The van der Waals surface area contributed by atoms with Crippen LogP contribution in [0.4, 0.5) is 0 Å². The van der Waals surface area contributed by atoms with E-state index in [0.29, 0.717) is 22.3 Å². The monoisotopic (exact) mass is 526 g/mol. The maximum Gasteiger partial charge on any atom is 0.339 e. The topological polar surface area (TPSA) is 69.7 Å². The lowest BCUT2D eigenvalue weighted by molar-refractivity contribution is 0.0554. The highest BCUT2D eigenvalue weighted by Crippen LogP contribution is 2.35. The molecule has 5 aromatic carbocycles. The first kappa shape index (κ1) is 26.3. The van der Waals surface area contributed by atoms with Crippen molar-refractivity contribution in [3.63, 3.8) is 0 Å². The van der Waals surface area contributed by atoms with Gasteiger partial charge in [-0.25, -0.2) is 9.59 Å². The second-order valence-corrected chi connectivity index (χ2v) is 9.08. The van der Waals surface area contributed by atoms with E-state index in [4.69, 9.17) is 9.47 Å². The van der Waals surface area contributed by atoms with Crippen molar-refractivity contribution >= 4 is 17.7 Å². The molecule has 0 unspecified atom stereocenters. The molecule has 5 rings (SSSR count). The quantitative estimate of drug-likeness (QED) is 0.162.